The summed E-state index contributed by atoms with van der Waals surface area (Å²) in [5.41, 5.74) is -0.104. The van der Waals surface area contributed by atoms with Crippen molar-refractivity contribution in [3.63, 3.8) is 0 Å². The van der Waals surface area contributed by atoms with E-state index in [1.54, 1.807) is 12.1 Å². The van der Waals surface area contributed by atoms with Crippen molar-refractivity contribution in [2.24, 2.45) is 5.10 Å². The van der Waals surface area contributed by atoms with E-state index in [0.717, 1.165) is 22.3 Å². The smallest absolute Gasteiger partial charge is 0.334 e. The number of benzene rings is 3. The van der Waals surface area contributed by atoms with Gasteiger partial charge in [0.2, 0.25) is 0 Å². The summed E-state index contributed by atoms with van der Waals surface area (Å²) in [5.74, 6) is -2.51. The Morgan fingerprint density at radius 2 is 1.57 bits per heavy atom. The highest BCUT2D eigenvalue weighted by Gasteiger charge is 2.16. The number of rotatable bonds is 9. The normalized spacial score (nSPS) is 11.2. The second-order valence-electron chi connectivity index (χ2n) is 8.14. The summed E-state index contributed by atoms with van der Waals surface area (Å²) >= 11 is 0. The molecular formula is C27H23F3N4O3. The monoisotopic (exact) mass is 508 g/mol. The zero-order valence-electron chi connectivity index (χ0n) is 19.9. The number of aromatic nitrogens is 2. The molecule has 37 heavy (non-hydrogen) atoms. The lowest BCUT2D eigenvalue weighted by Crippen LogP contribution is -2.42. The third-order valence-electron chi connectivity index (χ3n) is 5.52. The summed E-state index contributed by atoms with van der Waals surface area (Å²) in [6, 6.07) is 19.6. The van der Waals surface area contributed by atoms with Crippen LogP contribution in [0, 0.1) is 17.5 Å². The Bertz CT molecular complexity index is 1530. The van der Waals surface area contributed by atoms with E-state index in [2.05, 4.69) is 5.10 Å². The minimum Gasteiger partial charge on any atom is -0.356 e. The van der Waals surface area contributed by atoms with Crippen molar-refractivity contribution in [1.29, 1.82) is 0 Å². The lowest BCUT2D eigenvalue weighted by Gasteiger charge is -2.20. The van der Waals surface area contributed by atoms with Crippen molar-refractivity contribution in [2.75, 3.05) is 12.1 Å². The second-order valence-corrected chi connectivity index (χ2v) is 8.14. The van der Waals surface area contributed by atoms with Gasteiger partial charge in [-0.2, -0.15) is 5.10 Å². The topological polar surface area (TPSA) is 68.8 Å². The summed E-state index contributed by atoms with van der Waals surface area (Å²) in [6.07, 6.45) is 1.27. The number of hydrogen-bond donors (Lipinski definition) is 0. The summed E-state index contributed by atoms with van der Waals surface area (Å²) in [6.45, 7) is -0.325. The fourth-order valence-corrected chi connectivity index (χ4v) is 3.58. The van der Waals surface area contributed by atoms with Crippen LogP contribution in [0.3, 0.4) is 0 Å². The molecule has 0 aliphatic rings. The Balaban J connectivity index is 1.69. The van der Waals surface area contributed by atoms with Crippen LogP contribution in [0.2, 0.25) is 0 Å². The van der Waals surface area contributed by atoms with Gasteiger partial charge in [0, 0.05) is 18.7 Å². The molecule has 0 radical (unpaired) electrons. The predicted octanol–water partition coefficient (Wildman–Crippen LogP) is 4.12. The van der Waals surface area contributed by atoms with Gasteiger partial charge >= 0.3 is 5.69 Å². The highest BCUT2D eigenvalue weighted by Crippen LogP contribution is 2.13. The molecule has 10 heteroatoms. The van der Waals surface area contributed by atoms with Crippen LogP contribution in [-0.2, 0) is 24.6 Å². The molecule has 0 saturated carbocycles. The van der Waals surface area contributed by atoms with Crippen molar-refractivity contribution in [3.8, 4) is 0 Å². The molecule has 0 fully saturated rings. The number of anilines is 1. The van der Waals surface area contributed by atoms with E-state index in [9.17, 15) is 22.8 Å². The van der Waals surface area contributed by atoms with Crippen molar-refractivity contribution in [1.82, 2.24) is 9.13 Å². The lowest BCUT2D eigenvalue weighted by atomic mass is 10.2. The summed E-state index contributed by atoms with van der Waals surface area (Å²) in [7, 11) is 1.50. The summed E-state index contributed by atoms with van der Waals surface area (Å²) in [4.78, 5) is 26.3. The zero-order chi connectivity index (χ0) is 26.4. The quantitative estimate of drug-likeness (QED) is 0.252. The number of halogens is 3. The zero-order valence-corrected chi connectivity index (χ0v) is 19.9. The Morgan fingerprint density at radius 1 is 0.838 bits per heavy atom. The van der Waals surface area contributed by atoms with Crippen molar-refractivity contribution in [2.45, 2.75) is 19.9 Å². The maximum Gasteiger partial charge on any atom is 0.334 e. The van der Waals surface area contributed by atoms with E-state index >= 15 is 0 Å². The van der Waals surface area contributed by atoms with Gasteiger partial charge in [0.1, 0.15) is 18.4 Å². The number of nitrogens with zero attached hydrogens (tertiary/aromatic N) is 4. The fourth-order valence-electron chi connectivity index (χ4n) is 3.58. The minimum absolute atomic E-state index is 0.0946. The summed E-state index contributed by atoms with van der Waals surface area (Å²) in [5, 5.41) is 5.44. The molecule has 1 heterocycles. The average molecular weight is 509 g/mol. The van der Waals surface area contributed by atoms with Crippen molar-refractivity contribution in [3.05, 3.63) is 134 Å². The number of hydrogen-bond acceptors (Lipinski definition) is 5. The van der Waals surface area contributed by atoms with Crippen LogP contribution in [-0.4, -0.2) is 22.4 Å². The standard InChI is InChI=1S/C27H23F3N4O3/c1-32(31-15-21-9-5-6-10-22(21)28)25-14-26(35)33(16-20-11-12-23(29)24(30)13-20)27(36)34(25)18-37-17-19-7-3-2-4-8-19/h2-15H,16-18H2,1H3. The molecule has 7 nitrogen and oxygen atoms in total. The van der Waals surface area contributed by atoms with E-state index in [1.165, 1.54) is 47.1 Å². The molecule has 0 spiro atoms. The van der Waals surface area contributed by atoms with Crippen LogP contribution in [0.15, 0.2) is 93.6 Å². The van der Waals surface area contributed by atoms with E-state index in [-0.39, 0.29) is 36.8 Å². The van der Waals surface area contributed by atoms with Gasteiger partial charge in [0.25, 0.3) is 5.56 Å². The molecule has 4 rings (SSSR count). The van der Waals surface area contributed by atoms with E-state index in [1.807, 2.05) is 30.3 Å². The van der Waals surface area contributed by atoms with Crippen LogP contribution in [0.1, 0.15) is 16.7 Å². The van der Waals surface area contributed by atoms with Crippen molar-refractivity contribution >= 4 is 12.0 Å². The molecule has 0 unspecified atom stereocenters. The molecule has 0 atom stereocenters. The van der Waals surface area contributed by atoms with Gasteiger partial charge in [-0.3, -0.25) is 18.9 Å². The van der Waals surface area contributed by atoms with Gasteiger partial charge in [-0.15, -0.1) is 0 Å². The average Bonchev–Trinajstić information content (AvgIpc) is 2.89. The molecule has 0 saturated heterocycles. The first kappa shape index (κ1) is 25.6. The predicted molar refractivity (Wildman–Crippen MR) is 134 cm³/mol. The molecule has 0 bridgehead atoms. The van der Waals surface area contributed by atoms with Crippen LogP contribution in [0.4, 0.5) is 19.0 Å². The first-order chi connectivity index (χ1) is 17.8. The molecule has 0 N–H and O–H groups in total. The van der Waals surface area contributed by atoms with E-state index < -0.39 is 28.7 Å². The highest BCUT2D eigenvalue weighted by atomic mass is 19.2. The lowest BCUT2D eigenvalue weighted by molar-refractivity contribution is 0.0607. The molecule has 4 aromatic rings. The van der Waals surface area contributed by atoms with E-state index in [0.29, 0.717) is 0 Å². The van der Waals surface area contributed by atoms with Crippen LogP contribution >= 0.6 is 0 Å². The number of hydrazone groups is 1. The van der Waals surface area contributed by atoms with Crippen LogP contribution in [0.5, 0.6) is 0 Å². The molecule has 190 valence electrons. The first-order valence-corrected chi connectivity index (χ1v) is 11.3. The van der Waals surface area contributed by atoms with Gasteiger partial charge in [0.05, 0.1) is 19.4 Å². The van der Waals surface area contributed by atoms with Gasteiger partial charge in [-0.05, 0) is 29.3 Å². The Hall–Kier alpha value is -4.44. The molecule has 3 aromatic carbocycles. The van der Waals surface area contributed by atoms with Crippen LogP contribution in [0.25, 0.3) is 0 Å². The van der Waals surface area contributed by atoms with Gasteiger partial charge in [0.15, 0.2) is 11.6 Å². The van der Waals surface area contributed by atoms with Crippen molar-refractivity contribution < 1.29 is 17.9 Å². The first-order valence-electron chi connectivity index (χ1n) is 11.3. The Kier molecular flexibility index (Phi) is 7.99. The largest absolute Gasteiger partial charge is 0.356 e. The SMILES string of the molecule is CN(N=Cc1ccccc1F)c1cc(=O)n(Cc2ccc(F)c(F)c2)c(=O)n1COCc1ccccc1. The van der Waals surface area contributed by atoms with Gasteiger partial charge < -0.3 is 4.74 Å². The Labute approximate surface area is 210 Å². The molecule has 1 aromatic heterocycles. The molecular weight excluding hydrogens is 485 g/mol. The molecule has 0 aliphatic carbocycles. The second kappa shape index (κ2) is 11.5. The van der Waals surface area contributed by atoms with Gasteiger partial charge in [-0.25, -0.2) is 18.0 Å². The third kappa shape index (κ3) is 6.22. The highest BCUT2D eigenvalue weighted by molar-refractivity contribution is 5.80. The molecule has 0 aliphatic heterocycles. The maximum absolute atomic E-state index is 14.0. The van der Waals surface area contributed by atoms with E-state index in [4.69, 9.17) is 4.74 Å². The Morgan fingerprint density at radius 3 is 2.30 bits per heavy atom. The summed E-state index contributed by atoms with van der Waals surface area (Å²) < 4.78 is 48.8. The fraction of sp³-hybridized carbons (Fsp3) is 0.148. The van der Waals surface area contributed by atoms with Crippen LogP contribution < -0.4 is 16.3 Å². The number of ether oxygens (including phenoxy) is 1. The molecule has 0 amide bonds. The van der Waals surface area contributed by atoms with Gasteiger partial charge in [-0.1, -0.05) is 54.6 Å². The maximum atomic E-state index is 14.0. The third-order valence-corrected chi connectivity index (χ3v) is 5.52. The minimum atomic E-state index is -1.09.